The van der Waals surface area contributed by atoms with Crippen LogP contribution in [0.4, 0.5) is 5.69 Å². The van der Waals surface area contributed by atoms with Crippen LogP contribution in [0.15, 0.2) is 36.7 Å². The van der Waals surface area contributed by atoms with Crippen LogP contribution >= 0.6 is 23.5 Å². The van der Waals surface area contributed by atoms with Gasteiger partial charge in [-0.1, -0.05) is 23.5 Å². The molecule has 0 N–H and O–H groups in total. The Kier molecular flexibility index (Phi) is 4.04. The molecule has 2 aliphatic heterocycles. The van der Waals surface area contributed by atoms with Gasteiger partial charge in [0.15, 0.2) is 0 Å². The number of aromatic nitrogens is 1. The van der Waals surface area contributed by atoms with Crippen molar-refractivity contribution in [3.63, 3.8) is 0 Å². The first-order valence-corrected chi connectivity index (χ1v) is 10.7. The first-order chi connectivity index (χ1) is 12.9. The van der Waals surface area contributed by atoms with Crippen molar-refractivity contribution in [1.29, 1.82) is 0 Å². The molecule has 1 aliphatic carbocycles. The number of anilines is 1. The van der Waals surface area contributed by atoms with Crippen LogP contribution in [0.1, 0.15) is 54.1 Å². The SMILES string of the molecule is CC1(C)c2cc(Cl)ccc2C(=O)N1c1cncc(C2CN(SC3CC3)C2)c1. The van der Waals surface area contributed by atoms with Gasteiger partial charge in [-0.25, -0.2) is 4.31 Å². The summed E-state index contributed by atoms with van der Waals surface area (Å²) in [5.41, 5.74) is 3.33. The molecule has 0 unspecified atom stereocenters. The molecular formula is C21H22ClN3OS. The molecule has 5 rings (SSSR count). The molecular weight excluding hydrogens is 378 g/mol. The average Bonchev–Trinajstić information content (AvgIpc) is 3.39. The van der Waals surface area contributed by atoms with Gasteiger partial charge in [0, 0.05) is 41.0 Å². The van der Waals surface area contributed by atoms with E-state index in [1.54, 1.807) is 12.3 Å². The van der Waals surface area contributed by atoms with Crippen LogP contribution < -0.4 is 4.90 Å². The Hall–Kier alpha value is -1.56. The minimum absolute atomic E-state index is 0.0186. The van der Waals surface area contributed by atoms with Crippen molar-refractivity contribution in [2.24, 2.45) is 0 Å². The first kappa shape index (κ1) is 17.5. The fourth-order valence-corrected chi connectivity index (χ4v) is 5.53. The number of carbonyl (C=O) groups excluding carboxylic acids is 1. The lowest BCUT2D eigenvalue weighted by Crippen LogP contribution is -2.41. The second-order valence-corrected chi connectivity index (χ2v) is 10.0. The van der Waals surface area contributed by atoms with Gasteiger partial charge in [0.25, 0.3) is 5.91 Å². The second-order valence-electron chi connectivity index (χ2n) is 8.21. The number of benzene rings is 1. The van der Waals surface area contributed by atoms with Crippen LogP contribution in [0.5, 0.6) is 0 Å². The zero-order chi connectivity index (χ0) is 18.8. The maximum absolute atomic E-state index is 13.1. The summed E-state index contributed by atoms with van der Waals surface area (Å²) in [5.74, 6) is 0.520. The maximum atomic E-state index is 13.1. The van der Waals surface area contributed by atoms with Gasteiger partial charge in [0.2, 0.25) is 0 Å². The van der Waals surface area contributed by atoms with E-state index in [0.29, 0.717) is 10.9 Å². The Labute approximate surface area is 169 Å². The Balaban J connectivity index is 1.41. The summed E-state index contributed by atoms with van der Waals surface area (Å²) in [6.45, 7) is 6.27. The quantitative estimate of drug-likeness (QED) is 0.689. The van der Waals surface area contributed by atoms with Crippen molar-refractivity contribution in [2.75, 3.05) is 18.0 Å². The lowest BCUT2D eigenvalue weighted by molar-refractivity contribution is 0.0982. The zero-order valence-corrected chi connectivity index (χ0v) is 17.1. The zero-order valence-electron chi connectivity index (χ0n) is 15.5. The minimum atomic E-state index is -0.453. The molecule has 4 nitrogen and oxygen atoms in total. The fourth-order valence-electron chi connectivity index (χ4n) is 4.05. The van der Waals surface area contributed by atoms with Crippen LogP contribution in [0.25, 0.3) is 0 Å². The predicted octanol–water partition coefficient (Wildman–Crippen LogP) is 4.84. The number of halogens is 1. The molecule has 6 heteroatoms. The van der Waals surface area contributed by atoms with Gasteiger partial charge in [-0.05, 0) is 62.1 Å². The molecule has 0 bridgehead atoms. The summed E-state index contributed by atoms with van der Waals surface area (Å²) >= 11 is 8.20. The molecule has 2 fully saturated rings. The normalized spacial score (nSPS) is 22.0. The molecule has 1 aromatic heterocycles. The number of hydrogen-bond donors (Lipinski definition) is 0. The largest absolute Gasteiger partial charge is 0.297 e. The van der Waals surface area contributed by atoms with E-state index >= 15 is 0 Å². The molecule has 140 valence electrons. The predicted molar refractivity (Wildman–Crippen MR) is 110 cm³/mol. The third-order valence-corrected chi connectivity index (χ3v) is 7.38. The van der Waals surface area contributed by atoms with Crippen LogP contribution in [-0.4, -0.2) is 33.5 Å². The number of fused-ring (bicyclic) bond motifs is 1. The topological polar surface area (TPSA) is 36.4 Å². The molecule has 2 aromatic rings. The summed E-state index contributed by atoms with van der Waals surface area (Å²) in [6.07, 6.45) is 6.47. The Morgan fingerprint density at radius 3 is 2.70 bits per heavy atom. The van der Waals surface area contributed by atoms with Gasteiger partial charge in [-0.2, -0.15) is 0 Å². The monoisotopic (exact) mass is 399 g/mol. The van der Waals surface area contributed by atoms with Crippen molar-refractivity contribution >= 4 is 35.1 Å². The Bertz CT molecular complexity index is 921. The van der Waals surface area contributed by atoms with Crippen molar-refractivity contribution in [1.82, 2.24) is 9.29 Å². The van der Waals surface area contributed by atoms with E-state index in [1.807, 2.05) is 35.2 Å². The lowest BCUT2D eigenvalue weighted by Gasteiger charge is -2.39. The standard InChI is InChI=1S/C21H22ClN3OS/c1-21(2)19-8-15(22)3-6-18(19)20(26)25(21)16-7-13(9-23-10-16)14-11-24(12-14)27-17-4-5-17/h3,6-10,14,17H,4-5,11-12H2,1-2H3. The van der Waals surface area contributed by atoms with E-state index in [2.05, 4.69) is 29.2 Å². The van der Waals surface area contributed by atoms with Crippen molar-refractivity contribution in [3.05, 3.63) is 58.4 Å². The molecule has 1 amide bonds. The summed E-state index contributed by atoms with van der Waals surface area (Å²) in [4.78, 5) is 19.4. The van der Waals surface area contributed by atoms with Crippen LogP contribution in [0, 0.1) is 0 Å². The first-order valence-electron chi connectivity index (χ1n) is 9.45. The minimum Gasteiger partial charge on any atom is -0.297 e. The van der Waals surface area contributed by atoms with E-state index in [0.717, 1.165) is 35.2 Å². The highest BCUT2D eigenvalue weighted by Crippen LogP contribution is 2.45. The van der Waals surface area contributed by atoms with E-state index in [9.17, 15) is 4.79 Å². The molecule has 1 saturated heterocycles. The number of pyridine rings is 1. The van der Waals surface area contributed by atoms with Gasteiger partial charge in [-0.3, -0.25) is 14.7 Å². The van der Waals surface area contributed by atoms with Gasteiger partial charge in [-0.15, -0.1) is 0 Å². The number of rotatable bonds is 4. The van der Waals surface area contributed by atoms with Crippen LogP contribution in [0.2, 0.25) is 5.02 Å². The van der Waals surface area contributed by atoms with E-state index < -0.39 is 5.54 Å². The lowest BCUT2D eigenvalue weighted by atomic mass is 9.92. The second kappa shape index (κ2) is 6.23. The molecule has 1 aromatic carbocycles. The summed E-state index contributed by atoms with van der Waals surface area (Å²) < 4.78 is 2.46. The summed E-state index contributed by atoms with van der Waals surface area (Å²) in [6, 6.07) is 7.67. The number of hydrogen-bond acceptors (Lipinski definition) is 4. The van der Waals surface area contributed by atoms with Crippen LogP contribution in [-0.2, 0) is 5.54 Å². The van der Waals surface area contributed by atoms with Crippen molar-refractivity contribution < 1.29 is 4.79 Å². The van der Waals surface area contributed by atoms with Gasteiger partial charge in [0.1, 0.15) is 0 Å². The maximum Gasteiger partial charge on any atom is 0.259 e. The van der Waals surface area contributed by atoms with Crippen LogP contribution in [0.3, 0.4) is 0 Å². The number of amides is 1. The van der Waals surface area contributed by atoms with Gasteiger partial charge < -0.3 is 0 Å². The number of carbonyl (C=O) groups is 1. The molecule has 0 radical (unpaired) electrons. The van der Waals surface area contributed by atoms with Crippen molar-refractivity contribution in [3.8, 4) is 0 Å². The average molecular weight is 400 g/mol. The Morgan fingerprint density at radius 1 is 1.19 bits per heavy atom. The van der Waals surface area contributed by atoms with Gasteiger partial charge >= 0.3 is 0 Å². The molecule has 3 heterocycles. The number of nitrogens with zero attached hydrogens (tertiary/aromatic N) is 3. The highest BCUT2D eigenvalue weighted by molar-refractivity contribution is 7.97. The van der Waals surface area contributed by atoms with E-state index in [-0.39, 0.29) is 5.91 Å². The molecule has 1 saturated carbocycles. The third-order valence-electron chi connectivity index (χ3n) is 5.78. The smallest absolute Gasteiger partial charge is 0.259 e. The third kappa shape index (κ3) is 2.96. The van der Waals surface area contributed by atoms with Crippen molar-refractivity contribution in [2.45, 2.75) is 43.4 Å². The highest BCUT2D eigenvalue weighted by atomic mass is 35.5. The molecule has 3 aliphatic rings. The fraction of sp³-hybridized carbons (Fsp3) is 0.429. The molecule has 27 heavy (non-hydrogen) atoms. The van der Waals surface area contributed by atoms with Gasteiger partial charge in [0.05, 0.1) is 17.4 Å². The van der Waals surface area contributed by atoms with E-state index in [1.165, 1.54) is 18.4 Å². The van der Waals surface area contributed by atoms with E-state index in [4.69, 9.17) is 11.6 Å². The summed E-state index contributed by atoms with van der Waals surface area (Å²) in [5, 5.41) is 1.51. The summed E-state index contributed by atoms with van der Waals surface area (Å²) in [7, 11) is 0. The highest BCUT2D eigenvalue weighted by Gasteiger charge is 2.44. The Morgan fingerprint density at radius 2 is 1.96 bits per heavy atom. The molecule has 0 atom stereocenters. The molecule has 0 spiro atoms.